The molecule has 0 saturated heterocycles. The Bertz CT molecular complexity index is 246. The van der Waals surface area contributed by atoms with Gasteiger partial charge < -0.3 is 0 Å². The summed E-state index contributed by atoms with van der Waals surface area (Å²) in [6.07, 6.45) is 7.93. The minimum Gasteiger partial charge on any atom is -0.278 e. The van der Waals surface area contributed by atoms with E-state index in [4.69, 9.17) is 5.26 Å². The van der Waals surface area contributed by atoms with Crippen molar-refractivity contribution in [2.24, 2.45) is 9.98 Å². The Morgan fingerprint density at radius 2 is 2.29 bits per heavy atom. The first-order valence-electron chi connectivity index (χ1n) is 4.87. The van der Waals surface area contributed by atoms with Gasteiger partial charge in [0.25, 0.3) is 0 Å². The van der Waals surface area contributed by atoms with Gasteiger partial charge in [-0.15, -0.1) is 0 Å². The average molecular weight is 191 g/mol. The molecular weight excluding hydrogens is 174 g/mol. The van der Waals surface area contributed by atoms with Crippen LogP contribution in [0.1, 0.15) is 32.6 Å². The van der Waals surface area contributed by atoms with E-state index in [1.807, 2.05) is 12.1 Å². The van der Waals surface area contributed by atoms with Gasteiger partial charge in [0.2, 0.25) is 0 Å². The van der Waals surface area contributed by atoms with Gasteiger partial charge in [0.15, 0.2) is 0 Å². The number of hydrogen-bond acceptors (Lipinski definition) is 3. The van der Waals surface area contributed by atoms with E-state index in [0.29, 0.717) is 0 Å². The summed E-state index contributed by atoms with van der Waals surface area (Å²) in [6, 6.07) is 1.94. The van der Waals surface area contributed by atoms with Gasteiger partial charge in [-0.2, -0.15) is 5.26 Å². The summed E-state index contributed by atoms with van der Waals surface area (Å²) in [5, 5.41) is 8.24. The van der Waals surface area contributed by atoms with E-state index < -0.39 is 0 Å². The first-order valence-corrected chi connectivity index (χ1v) is 4.87. The van der Waals surface area contributed by atoms with E-state index in [9.17, 15) is 0 Å². The predicted octanol–water partition coefficient (Wildman–Crippen LogP) is 2.75. The Kier molecular flexibility index (Phi) is 8.67. The molecule has 3 heteroatoms. The van der Waals surface area contributed by atoms with Crippen LogP contribution in [0.2, 0.25) is 0 Å². The lowest BCUT2D eigenvalue weighted by atomic mass is 10.1. The molecule has 0 fully saturated rings. The van der Waals surface area contributed by atoms with Crippen molar-refractivity contribution in [3.8, 4) is 6.07 Å². The van der Waals surface area contributed by atoms with E-state index in [1.54, 1.807) is 6.21 Å². The minimum atomic E-state index is 0.204. The van der Waals surface area contributed by atoms with Gasteiger partial charge in [0, 0.05) is 11.9 Å². The third kappa shape index (κ3) is 7.23. The molecule has 0 aromatic heterocycles. The molecule has 0 aromatic carbocycles. The average Bonchev–Trinajstić information content (AvgIpc) is 2.22. The van der Waals surface area contributed by atoms with Gasteiger partial charge >= 0.3 is 0 Å². The van der Waals surface area contributed by atoms with Crippen molar-refractivity contribution in [2.45, 2.75) is 32.6 Å². The van der Waals surface area contributed by atoms with Crippen LogP contribution in [0.15, 0.2) is 21.8 Å². The molecule has 3 nitrogen and oxygen atoms in total. The zero-order chi connectivity index (χ0) is 10.6. The van der Waals surface area contributed by atoms with Crippen LogP contribution in [0, 0.1) is 11.3 Å². The first-order chi connectivity index (χ1) is 6.85. The van der Waals surface area contributed by atoms with Crippen LogP contribution in [0.3, 0.4) is 0 Å². The molecule has 0 N–H and O–H groups in total. The molecule has 0 rings (SSSR count). The summed E-state index contributed by atoms with van der Waals surface area (Å²) in [5.74, 6) is 0. The fourth-order valence-corrected chi connectivity index (χ4v) is 1.00. The van der Waals surface area contributed by atoms with Crippen molar-refractivity contribution < 1.29 is 0 Å². The van der Waals surface area contributed by atoms with Gasteiger partial charge in [0.1, 0.15) is 6.54 Å². The summed E-state index contributed by atoms with van der Waals surface area (Å²) >= 11 is 0. The zero-order valence-electron chi connectivity index (χ0n) is 8.74. The Labute approximate surface area is 85.9 Å². The highest BCUT2D eigenvalue weighted by Gasteiger charge is 1.91. The summed E-state index contributed by atoms with van der Waals surface area (Å²) in [6.45, 7) is 5.86. The molecule has 0 aliphatic rings. The maximum absolute atomic E-state index is 8.24. The summed E-state index contributed by atoms with van der Waals surface area (Å²) in [4.78, 5) is 7.75. The van der Waals surface area contributed by atoms with E-state index in [0.717, 1.165) is 18.5 Å². The Morgan fingerprint density at radius 3 is 2.86 bits per heavy atom. The second kappa shape index (κ2) is 9.66. The summed E-state index contributed by atoms with van der Waals surface area (Å²) in [5.41, 5.74) is 0.945. The molecule has 0 radical (unpaired) electrons. The van der Waals surface area contributed by atoms with Crippen molar-refractivity contribution in [1.82, 2.24) is 0 Å². The van der Waals surface area contributed by atoms with Gasteiger partial charge in [-0.05, 0) is 25.6 Å². The third-order valence-electron chi connectivity index (χ3n) is 1.77. The number of aliphatic imine (C=N–C) groups is 2. The van der Waals surface area contributed by atoms with Crippen LogP contribution >= 0.6 is 0 Å². The quantitative estimate of drug-likeness (QED) is 0.347. The fourth-order valence-electron chi connectivity index (χ4n) is 1.00. The van der Waals surface area contributed by atoms with Gasteiger partial charge in [0.05, 0.1) is 6.07 Å². The number of unbranched alkanes of at least 4 members (excludes halogenated alkanes) is 2. The number of nitrogens with zero attached hydrogens (tertiary/aromatic N) is 3. The molecule has 0 amide bonds. The van der Waals surface area contributed by atoms with Gasteiger partial charge in [-0.25, -0.2) is 0 Å². The second-order valence-electron chi connectivity index (χ2n) is 2.92. The first kappa shape index (κ1) is 12.6. The van der Waals surface area contributed by atoms with Crippen LogP contribution < -0.4 is 0 Å². The van der Waals surface area contributed by atoms with Crippen LogP contribution in [-0.4, -0.2) is 19.5 Å². The smallest absolute Gasteiger partial charge is 0.126 e. The maximum atomic E-state index is 8.24. The second-order valence-corrected chi connectivity index (χ2v) is 2.92. The molecule has 0 spiro atoms. The molecule has 0 aliphatic carbocycles. The number of allylic oxidation sites excluding steroid dienone is 2. The number of hydrogen-bond donors (Lipinski definition) is 0. The largest absolute Gasteiger partial charge is 0.278 e. The molecule has 0 heterocycles. The van der Waals surface area contributed by atoms with Crippen LogP contribution in [0.4, 0.5) is 0 Å². The summed E-state index contributed by atoms with van der Waals surface area (Å²) < 4.78 is 0. The van der Waals surface area contributed by atoms with Crippen LogP contribution in [0.25, 0.3) is 0 Å². The normalized spacial score (nSPS) is 11.6. The van der Waals surface area contributed by atoms with Gasteiger partial charge in [-0.3, -0.25) is 9.98 Å². The Balaban J connectivity index is 3.87. The van der Waals surface area contributed by atoms with E-state index in [1.165, 1.54) is 12.8 Å². The van der Waals surface area contributed by atoms with Crippen LogP contribution in [-0.2, 0) is 0 Å². The maximum Gasteiger partial charge on any atom is 0.126 e. The SMILES string of the molecule is C=N/C(=C\C=N/CC#N)CCCCC. The van der Waals surface area contributed by atoms with E-state index >= 15 is 0 Å². The molecule has 0 aliphatic heterocycles. The van der Waals surface area contributed by atoms with E-state index in [2.05, 4.69) is 23.6 Å². The number of nitriles is 1. The third-order valence-corrected chi connectivity index (χ3v) is 1.77. The van der Waals surface area contributed by atoms with Crippen molar-refractivity contribution >= 4 is 12.9 Å². The highest BCUT2D eigenvalue weighted by Crippen LogP contribution is 2.08. The highest BCUT2D eigenvalue weighted by atomic mass is 14.7. The van der Waals surface area contributed by atoms with Crippen molar-refractivity contribution in [3.63, 3.8) is 0 Å². The Hall–Kier alpha value is -1.43. The topological polar surface area (TPSA) is 48.5 Å². The monoisotopic (exact) mass is 191 g/mol. The molecule has 0 unspecified atom stereocenters. The van der Waals surface area contributed by atoms with Crippen molar-refractivity contribution in [3.05, 3.63) is 11.8 Å². The lowest BCUT2D eigenvalue weighted by Crippen LogP contribution is -1.82. The number of rotatable bonds is 7. The predicted molar refractivity (Wildman–Crippen MR) is 60.7 cm³/mol. The standard InChI is InChI=1S/C11H17N3/c1-3-4-5-6-11(13-2)7-9-14-10-8-12/h7,9H,2-6,10H2,1H3/b11-7-,14-9-. The molecule has 14 heavy (non-hydrogen) atoms. The zero-order valence-corrected chi connectivity index (χ0v) is 8.74. The minimum absolute atomic E-state index is 0.204. The van der Waals surface area contributed by atoms with Crippen molar-refractivity contribution in [2.75, 3.05) is 6.54 Å². The molecular formula is C11H17N3. The molecule has 76 valence electrons. The Morgan fingerprint density at radius 1 is 1.50 bits per heavy atom. The molecule has 0 atom stereocenters. The lowest BCUT2D eigenvalue weighted by Gasteiger charge is -1.98. The lowest BCUT2D eigenvalue weighted by molar-refractivity contribution is 0.711. The summed E-state index contributed by atoms with van der Waals surface area (Å²) in [7, 11) is 0. The van der Waals surface area contributed by atoms with Crippen molar-refractivity contribution in [1.29, 1.82) is 5.26 Å². The fraction of sp³-hybridized carbons (Fsp3) is 0.545. The van der Waals surface area contributed by atoms with Gasteiger partial charge in [-0.1, -0.05) is 19.8 Å². The molecule has 0 aromatic rings. The highest BCUT2D eigenvalue weighted by molar-refractivity contribution is 5.72. The molecule has 0 saturated carbocycles. The molecule has 0 bridgehead atoms. The van der Waals surface area contributed by atoms with Crippen LogP contribution in [0.5, 0.6) is 0 Å². The van der Waals surface area contributed by atoms with E-state index in [-0.39, 0.29) is 6.54 Å².